The smallest absolute Gasteiger partial charge is 0.0734 e. The molecule has 0 saturated carbocycles. The molecule has 1 aromatic carbocycles. The Labute approximate surface area is 133 Å². The highest BCUT2D eigenvalue weighted by molar-refractivity contribution is 7.61. The molecule has 1 rings (SSSR count). The number of hydrogen-bond acceptors (Lipinski definition) is 2. The van der Waals surface area contributed by atoms with Gasteiger partial charge in [-0.2, -0.15) is 0 Å². The molecule has 2 nitrogen and oxygen atoms in total. The van der Waals surface area contributed by atoms with E-state index in [1.165, 1.54) is 5.30 Å². The Kier molecular flexibility index (Phi) is 7.33. The van der Waals surface area contributed by atoms with Gasteiger partial charge in [0.25, 0.3) is 0 Å². The lowest BCUT2D eigenvalue weighted by Crippen LogP contribution is -2.45. The Morgan fingerprint density at radius 1 is 0.619 bits per heavy atom. The van der Waals surface area contributed by atoms with Crippen molar-refractivity contribution in [2.24, 2.45) is 0 Å². The minimum atomic E-state index is -0.474. The molecule has 0 bridgehead atoms. The summed E-state index contributed by atoms with van der Waals surface area (Å²) >= 11 is 0. The van der Waals surface area contributed by atoms with E-state index >= 15 is 0 Å². The van der Waals surface area contributed by atoms with Gasteiger partial charge in [-0.1, -0.05) is 30.3 Å². The predicted octanol–water partition coefficient (Wildman–Crippen LogP) is 4.86. The van der Waals surface area contributed by atoms with Gasteiger partial charge in [0, 0.05) is 29.5 Å². The SMILES string of the molecule is CC(C)N(C(C)C)P(c1ccccc1)N(C(C)C)C(C)C. The summed E-state index contributed by atoms with van der Waals surface area (Å²) in [6, 6.07) is 13.2. The maximum Gasteiger partial charge on any atom is 0.0734 e. The molecule has 0 aliphatic heterocycles. The summed E-state index contributed by atoms with van der Waals surface area (Å²) < 4.78 is 5.37. The first-order valence-corrected chi connectivity index (χ1v) is 9.43. The van der Waals surface area contributed by atoms with Gasteiger partial charge in [-0.15, -0.1) is 0 Å². The molecular formula is C18H33N2P. The normalized spacial score (nSPS) is 12.9. The molecule has 1 aromatic rings. The minimum Gasteiger partial charge on any atom is -0.261 e. The highest BCUT2D eigenvalue weighted by atomic mass is 31.1. The number of benzene rings is 1. The van der Waals surface area contributed by atoms with Gasteiger partial charge in [0.15, 0.2) is 0 Å². The van der Waals surface area contributed by atoms with Gasteiger partial charge in [0.2, 0.25) is 0 Å². The zero-order valence-corrected chi connectivity index (χ0v) is 15.9. The van der Waals surface area contributed by atoms with Crippen molar-refractivity contribution in [3.8, 4) is 0 Å². The van der Waals surface area contributed by atoms with Gasteiger partial charge >= 0.3 is 0 Å². The molecule has 3 heteroatoms. The molecule has 0 atom stereocenters. The van der Waals surface area contributed by atoms with Crippen molar-refractivity contribution in [1.82, 2.24) is 9.34 Å². The fourth-order valence-corrected chi connectivity index (χ4v) is 5.98. The molecule has 0 unspecified atom stereocenters. The molecular weight excluding hydrogens is 275 g/mol. The number of hydrogen-bond donors (Lipinski definition) is 0. The zero-order valence-electron chi connectivity index (χ0n) is 15.0. The van der Waals surface area contributed by atoms with Crippen LogP contribution in [0.4, 0.5) is 0 Å². The lowest BCUT2D eigenvalue weighted by Gasteiger charge is -2.47. The fraction of sp³-hybridized carbons (Fsp3) is 0.667. The van der Waals surface area contributed by atoms with Gasteiger partial charge in [0.1, 0.15) is 0 Å². The third-order valence-corrected chi connectivity index (χ3v) is 7.02. The van der Waals surface area contributed by atoms with Crippen molar-refractivity contribution in [2.45, 2.75) is 79.6 Å². The topological polar surface area (TPSA) is 6.48 Å². The van der Waals surface area contributed by atoms with E-state index in [2.05, 4.69) is 95.1 Å². The van der Waals surface area contributed by atoms with Crippen molar-refractivity contribution in [1.29, 1.82) is 0 Å². The van der Waals surface area contributed by atoms with E-state index in [9.17, 15) is 0 Å². The van der Waals surface area contributed by atoms with Crippen LogP contribution in [0.2, 0.25) is 0 Å². The summed E-state index contributed by atoms with van der Waals surface area (Å²) in [5, 5.41) is 1.46. The van der Waals surface area contributed by atoms with E-state index in [-0.39, 0.29) is 0 Å². The van der Waals surface area contributed by atoms with Crippen molar-refractivity contribution < 1.29 is 0 Å². The van der Waals surface area contributed by atoms with E-state index in [0.29, 0.717) is 24.2 Å². The molecule has 0 fully saturated rings. The first kappa shape index (κ1) is 18.6. The van der Waals surface area contributed by atoms with Gasteiger partial charge in [-0.25, -0.2) is 0 Å². The summed E-state index contributed by atoms with van der Waals surface area (Å²) in [5.74, 6) is 0. The molecule has 0 aliphatic carbocycles. The van der Waals surface area contributed by atoms with Crippen molar-refractivity contribution in [2.75, 3.05) is 0 Å². The third kappa shape index (κ3) is 4.77. The van der Waals surface area contributed by atoms with Gasteiger partial charge in [0.05, 0.1) is 8.22 Å². The second-order valence-corrected chi connectivity index (χ2v) is 8.78. The molecule has 0 aromatic heterocycles. The number of nitrogens with zero attached hydrogens (tertiary/aromatic N) is 2. The van der Waals surface area contributed by atoms with Gasteiger partial charge in [-0.3, -0.25) is 9.34 Å². The van der Waals surface area contributed by atoms with E-state index in [1.54, 1.807) is 0 Å². The van der Waals surface area contributed by atoms with Crippen LogP contribution in [0.15, 0.2) is 30.3 Å². The molecule has 21 heavy (non-hydrogen) atoms. The fourth-order valence-electron chi connectivity index (χ4n) is 3.01. The maximum atomic E-state index is 2.69. The standard InChI is InChI=1S/C18H33N2P/c1-14(2)19(15(3)4)21(18-12-10-9-11-13-18)20(16(5)6)17(7)8/h9-17H,1-8H3. The predicted molar refractivity (Wildman–Crippen MR) is 97.2 cm³/mol. The van der Waals surface area contributed by atoms with Gasteiger partial charge in [-0.05, 0) is 55.4 Å². The van der Waals surface area contributed by atoms with E-state index in [1.807, 2.05) is 0 Å². The Bertz CT molecular complexity index is 365. The summed E-state index contributed by atoms with van der Waals surface area (Å²) in [4.78, 5) is 0. The summed E-state index contributed by atoms with van der Waals surface area (Å²) in [7, 11) is -0.474. The first-order chi connectivity index (χ1) is 9.77. The third-order valence-electron chi connectivity index (χ3n) is 3.54. The minimum absolute atomic E-state index is 0.474. The largest absolute Gasteiger partial charge is 0.261 e. The second-order valence-electron chi connectivity index (χ2n) is 6.76. The molecule has 0 radical (unpaired) electrons. The van der Waals surface area contributed by atoms with Crippen molar-refractivity contribution >= 4 is 13.5 Å². The van der Waals surface area contributed by atoms with Crippen LogP contribution in [0, 0.1) is 0 Å². The monoisotopic (exact) mass is 308 g/mol. The Hall–Kier alpha value is -0.430. The highest BCUT2D eigenvalue weighted by Gasteiger charge is 2.33. The van der Waals surface area contributed by atoms with Crippen molar-refractivity contribution in [3.63, 3.8) is 0 Å². The highest BCUT2D eigenvalue weighted by Crippen LogP contribution is 2.48. The van der Waals surface area contributed by atoms with Crippen molar-refractivity contribution in [3.05, 3.63) is 30.3 Å². The molecule has 0 heterocycles. The summed E-state index contributed by atoms with van der Waals surface area (Å²) in [6.07, 6.45) is 0. The Morgan fingerprint density at radius 2 is 0.952 bits per heavy atom. The van der Waals surface area contributed by atoms with Gasteiger partial charge < -0.3 is 0 Å². The lowest BCUT2D eigenvalue weighted by molar-refractivity contribution is 0.261. The Balaban J connectivity index is 3.34. The van der Waals surface area contributed by atoms with E-state index < -0.39 is 8.22 Å². The summed E-state index contributed by atoms with van der Waals surface area (Å²) in [5.41, 5.74) is 0. The lowest BCUT2D eigenvalue weighted by atomic mass is 10.3. The van der Waals surface area contributed by atoms with Crippen LogP contribution in [0.1, 0.15) is 55.4 Å². The first-order valence-electron chi connectivity index (χ1n) is 8.19. The van der Waals surface area contributed by atoms with Crippen LogP contribution in [0.3, 0.4) is 0 Å². The molecule has 0 aliphatic rings. The van der Waals surface area contributed by atoms with Crippen LogP contribution in [0.5, 0.6) is 0 Å². The van der Waals surface area contributed by atoms with Crippen LogP contribution >= 0.6 is 8.22 Å². The van der Waals surface area contributed by atoms with Crippen LogP contribution in [0.25, 0.3) is 0 Å². The Morgan fingerprint density at radius 3 is 1.24 bits per heavy atom. The average molecular weight is 308 g/mol. The maximum absolute atomic E-state index is 2.69. The molecule has 0 N–H and O–H groups in total. The van der Waals surface area contributed by atoms with E-state index in [0.717, 1.165) is 0 Å². The van der Waals surface area contributed by atoms with Crippen LogP contribution in [-0.4, -0.2) is 33.5 Å². The quantitative estimate of drug-likeness (QED) is 0.664. The average Bonchev–Trinajstić information content (AvgIpc) is 2.37. The van der Waals surface area contributed by atoms with Crippen LogP contribution in [-0.2, 0) is 0 Å². The molecule has 0 saturated heterocycles. The number of rotatable bonds is 7. The molecule has 0 amide bonds. The summed E-state index contributed by atoms with van der Waals surface area (Å²) in [6.45, 7) is 18.5. The molecule has 0 spiro atoms. The van der Waals surface area contributed by atoms with E-state index in [4.69, 9.17) is 0 Å². The zero-order chi connectivity index (χ0) is 16.2. The molecule has 120 valence electrons. The van der Waals surface area contributed by atoms with Crippen LogP contribution < -0.4 is 5.30 Å². The second kappa shape index (κ2) is 8.27.